The minimum absolute atomic E-state index is 0.0626. The highest BCUT2D eigenvalue weighted by Crippen LogP contribution is 2.17. The third-order valence-corrected chi connectivity index (χ3v) is 4.93. The Morgan fingerprint density at radius 1 is 0.567 bits per heavy atom. The summed E-state index contributed by atoms with van der Waals surface area (Å²) in [4.78, 5) is 30.9. The molecule has 164 valence electrons. The average molecular weight is 413 g/mol. The van der Waals surface area contributed by atoms with Crippen molar-refractivity contribution in [2.24, 2.45) is 0 Å². The molecular formula is C24H36N4O2. The molecule has 0 bridgehead atoms. The van der Waals surface area contributed by atoms with Crippen LogP contribution in [0.2, 0.25) is 0 Å². The molecule has 6 heteroatoms. The lowest BCUT2D eigenvalue weighted by Crippen LogP contribution is -2.42. The van der Waals surface area contributed by atoms with Gasteiger partial charge in [-0.25, -0.2) is 9.59 Å². The van der Waals surface area contributed by atoms with Gasteiger partial charge < -0.3 is 9.80 Å². The van der Waals surface area contributed by atoms with Crippen molar-refractivity contribution in [3.8, 4) is 0 Å². The Kier molecular flexibility index (Phi) is 11.0. The smallest absolute Gasteiger partial charge is 0.325 e. The Hall–Kier alpha value is -3.02. The molecular weight excluding hydrogens is 376 g/mol. The molecule has 0 heterocycles. The van der Waals surface area contributed by atoms with Crippen molar-refractivity contribution >= 4 is 23.4 Å². The van der Waals surface area contributed by atoms with Gasteiger partial charge in [-0.3, -0.25) is 9.80 Å². The standard InChI is InChI=1S/C15H16N2O.C9H20N2O/c1-16(13-9-5-3-6-10-13)15(18)17(2)14-11-7-4-8-12-14;1-5-10(6-2)9(12)11(7-3)8-4/h3-12H,1-2H3;5-8H2,1-4H3. The summed E-state index contributed by atoms with van der Waals surface area (Å²) in [6.07, 6.45) is 0. The predicted molar refractivity (Wildman–Crippen MR) is 126 cm³/mol. The molecule has 2 rings (SSSR count). The Morgan fingerprint density at radius 3 is 1.13 bits per heavy atom. The van der Waals surface area contributed by atoms with Crippen LogP contribution in [0.25, 0.3) is 0 Å². The zero-order valence-electron chi connectivity index (χ0n) is 19.2. The number of urea groups is 2. The van der Waals surface area contributed by atoms with Crippen LogP contribution in [-0.4, -0.2) is 62.1 Å². The predicted octanol–water partition coefficient (Wildman–Crippen LogP) is 5.17. The third-order valence-electron chi connectivity index (χ3n) is 4.93. The number of rotatable bonds is 6. The quantitative estimate of drug-likeness (QED) is 0.657. The van der Waals surface area contributed by atoms with Gasteiger partial charge in [0.25, 0.3) is 0 Å². The van der Waals surface area contributed by atoms with Crippen LogP contribution in [0.3, 0.4) is 0 Å². The number of benzene rings is 2. The summed E-state index contributed by atoms with van der Waals surface area (Å²) in [5.41, 5.74) is 1.76. The number of hydrogen-bond acceptors (Lipinski definition) is 2. The topological polar surface area (TPSA) is 47.1 Å². The molecule has 0 fully saturated rings. The highest BCUT2D eigenvalue weighted by Gasteiger charge is 2.16. The van der Waals surface area contributed by atoms with Gasteiger partial charge >= 0.3 is 12.1 Å². The third kappa shape index (κ3) is 7.10. The summed E-state index contributed by atoms with van der Waals surface area (Å²) in [6.45, 7) is 11.2. The van der Waals surface area contributed by atoms with E-state index < -0.39 is 0 Å². The summed E-state index contributed by atoms with van der Waals surface area (Å²) in [5, 5.41) is 0. The normalized spacial score (nSPS) is 9.80. The van der Waals surface area contributed by atoms with E-state index in [1.54, 1.807) is 23.9 Å². The molecule has 30 heavy (non-hydrogen) atoms. The molecule has 4 amide bonds. The molecule has 0 aliphatic rings. The van der Waals surface area contributed by atoms with Crippen molar-refractivity contribution in [1.29, 1.82) is 0 Å². The van der Waals surface area contributed by atoms with Gasteiger partial charge in [-0.05, 0) is 52.0 Å². The van der Waals surface area contributed by atoms with Crippen molar-refractivity contribution in [3.05, 3.63) is 60.7 Å². The number of carbonyl (C=O) groups is 2. The van der Waals surface area contributed by atoms with Crippen LogP contribution in [0.5, 0.6) is 0 Å². The number of amides is 4. The number of carbonyl (C=O) groups excluding carboxylic acids is 2. The SMILES string of the molecule is CCN(CC)C(=O)N(CC)CC.CN(C(=O)N(C)c1ccccc1)c1ccccc1. The van der Waals surface area contributed by atoms with Gasteiger partial charge in [-0.1, -0.05) is 36.4 Å². The number of nitrogens with zero attached hydrogens (tertiary/aromatic N) is 4. The minimum atomic E-state index is -0.0626. The highest BCUT2D eigenvalue weighted by molar-refractivity contribution is 6.02. The molecule has 0 saturated heterocycles. The highest BCUT2D eigenvalue weighted by atomic mass is 16.2. The largest absolute Gasteiger partial charge is 0.328 e. The molecule has 2 aromatic rings. The van der Waals surface area contributed by atoms with Gasteiger partial charge in [0, 0.05) is 51.6 Å². The van der Waals surface area contributed by atoms with Gasteiger partial charge in [0.1, 0.15) is 0 Å². The molecule has 6 nitrogen and oxygen atoms in total. The van der Waals surface area contributed by atoms with Crippen LogP contribution in [0.15, 0.2) is 60.7 Å². The van der Waals surface area contributed by atoms with Gasteiger partial charge in [-0.2, -0.15) is 0 Å². The minimum Gasteiger partial charge on any atom is -0.325 e. The van der Waals surface area contributed by atoms with E-state index in [1.807, 2.05) is 98.2 Å². The summed E-state index contributed by atoms with van der Waals surface area (Å²) in [6, 6.07) is 19.3. The molecule has 0 unspecified atom stereocenters. The monoisotopic (exact) mass is 412 g/mol. The number of hydrogen-bond donors (Lipinski definition) is 0. The fourth-order valence-electron chi connectivity index (χ4n) is 2.94. The van der Waals surface area contributed by atoms with Crippen molar-refractivity contribution in [2.75, 3.05) is 50.1 Å². The lowest BCUT2D eigenvalue weighted by molar-refractivity contribution is 0.162. The first-order valence-corrected chi connectivity index (χ1v) is 10.6. The first-order valence-electron chi connectivity index (χ1n) is 10.6. The van der Waals surface area contributed by atoms with Crippen LogP contribution in [0.4, 0.5) is 21.0 Å². The molecule has 0 aliphatic carbocycles. The lowest BCUT2D eigenvalue weighted by Gasteiger charge is -2.27. The average Bonchev–Trinajstić information content (AvgIpc) is 2.81. The Morgan fingerprint density at radius 2 is 0.867 bits per heavy atom. The van der Waals surface area contributed by atoms with Crippen molar-refractivity contribution < 1.29 is 9.59 Å². The van der Waals surface area contributed by atoms with Gasteiger partial charge in [0.2, 0.25) is 0 Å². The van der Waals surface area contributed by atoms with Crippen LogP contribution in [0, 0.1) is 0 Å². The zero-order chi connectivity index (χ0) is 22.5. The van der Waals surface area contributed by atoms with Crippen molar-refractivity contribution in [1.82, 2.24) is 9.80 Å². The van der Waals surface area contributed by atoms with Gasteiger partial charge in [0.05, 0.1) is 0 Å². The summed E-state index contributed by atoms with van der Waals surface area (Å²) >= 11 is 0. The first-order chi connectivity index (χ1) is 14.4. The first kappa shape index (κ1) is 25.0. The van der Waals surface area contributed by atoms with Crippen LogP contribution < -0.4 is 9.80 Å². The Labute approximate surface area is 181 Å². The fraction of sp³-hybridized carbons (Fsp3) is 0.417. The zero-order valence-corrected chi connectivity index (χ0v) is 19.2. The van der Waals surface area contributed by atoms with Gasteiger partial charge in [0.15, 0.2) is 0 Å². The van der Waals surface area contributed by atoms with E-state index in [-0.39, 0.29) is 12.1 Å². The van der Waals surface area contributed by atoms with E-state index in [2.05, 4.69) is 0 Å². The van der Waals surface area contributed by atoms with Gasteiger partial charge in [-0.15, -0.1) is 0 Å². The van der Waals surface area contributed by atoms with E-state index in [0.717, 1.165) is 37.6 Å². The van der Waals surface area contributed by atoms with E-state index in [1.165, 1.54) is 0 Å². The van der Waals surface area contributed by atoms with E-state index >= 15 is 0 Å². The molecule has 0 saturated carbocycles. The summed E-state index contributed by atoms with van der Waals surface area (Å²) < 4.78 is 0. The molecule has 0 atom stereocenters. The molecule has 0 spiro atoms. The number of para-hydroxylation sites is 2. The van der Waals surface area contributed by atoms with E-state index in [0.29, 0.717) is 0 Å². The second-order valence-corrected chi connectivity index (χ2v) is 6.70. The molecule has 2 aromatic carbocycles. The molecule has 0 aliphatic heterocycles. The van der Waals surface area contributed by atoms with Crippen molar-refractivity contribution in [2.45, 2.75) is 27.7 Å². The lowest BCUT2D eigenvalue weighted by atomic mass is 10.3. The second-order valence-electron chi connectivity index (χ2n) is 6.70. The second kappa shape index (κ2) is 13.2. The maximum atomic E-state index is 12.3. The molecule has 0 radical (unpaired) electrons. The fourth-order valence-corrected chi connectivity index (χ4v) is 2.94. The Balaban J connectivity index is 0.000000329. The van der Waals surface area contributed by atoms with E-state index in [4.69, 9.17) is 0 Å². The molecule has 0 N–H and O–H groups in total. The summed E-state index contributed by atoms with van der Waals surface area (Å²) in [5.74, 6) is 0. The maximum Gasteiger partial charge on any atom is 0.328 e. The van der Waals surface area contributed by atoms with E-state index in [9.17, 15) is 9.59 Å². The Bertz CT molecular complexity index is 683. The van der Waals surface area contributed by atoms with Crippen LogP contribution >= 0.6 is 0 Å². The van der Waals surface area contributed by atoms with Crippen LogP contribution in [0.1, 0.15) is 27.7 Å². The molecule has 0 aromatic heterocycles. The maximum absolute atomic E-state index is 12.3. The number of anilines is 2. The van der Waals surface area contributed by atoms with Crippen LogP contribution in [-0.2, 0) is 0 Å². The van der Waals surface area contributed by atoms with Crippen molar-refractivity contribution in [3.63, 3.8) is 0 Å². The summed E-state index contributed by atoms with van der Waals surface area (Å²) in [7, 11) is 3.55.